The van der Waals surface area contributed by atoms with E-state index in [1.54, 1.807) is 0 Å². The van der Waals surface area contributed by atoms with Gasteiger partial charge in [0, 0.05) is 43.6 Å². The molecule has 2 aromatic rings. The average molecular weight is 557 g/mol. The second-order valence-electron chi connectivity index (χ2n) is 8.16. The second kappa shape index (κ2) is 11.4. The van der Waals surface area contributed by atoms with Crippen LogP contribution in [-0.2, 0) is 16.6 Å². The van der Waals surface area contributed by atoms with Crippen LogP contribution in [0.1, 0.15) is 30.2 Å². The molecule has 8 heteroatoms. The van der Waals surface area contributed by atoms with Gasteiger partial charge in [-0.3, -0.25) is 4.99 Å². The van der Waals surface area contributed by atoms with Crippen LogP contribution in [0.4, 0.5) is 0 Å². The Balaban J connectivity index is 0.00000272. The molecule has 6 nitrogen and oxygen atoms in total. The lowest BCUT2D eigenvalue weighted by molar-refractivity contribution is 0.0513. The van der Waals surface area contributed by atoms with Crippen molar-refractivity contribution in [1.29, 1.82) is 0 Å². The summed E-state index contributed by atoms with van der Waals surface area (Å²) in [6, 6.07) is 10.6. The van der Waals surface area contributed by atoms with E-state index >= 15 is 0 Å². The van der Waals surface area contributed by atoms with Gasteiger partial charge in [-0.2, -0.15) is 0 Å². The number of hydrogen-bond donors (Lipinski definition) is 2. The van der Waals surface area contributed by atoms with Crippen molar-refractivity contribution in [3.8, 4) is 11.5 Å². The number of benzene rings is 1. The zero-order chi connectivity index (χ0) is 20.8. The summed E-state index contributed by atoms with van der Waals surface area (Å²) in [6.45, 7) is 5.78. The summed E-state index contributed by atoms with van der Waals surface area (Å²) in [6.07, 6.45) is 3.01. The first kappa shape index (κ1) is 24.1. The Bertz CT molecular complexity index is 854. The SMILES string of the molecule is CN=C(NCC(C)Cc1cccs1)NCC1(c2ccc3c(c2)OCO3)CCOCC1.I. The molecule has 1 saturated heterocycles. The fourth-order valence-corrected chi connectivity index (χ4v) is 5.01. The molecule has 0 amide bonds. The Labute approximate surface area is 205 Å². The van der Waals surface area contributed by atoms with Crippen LogP contribution in [0.5, 0.6) is 11.5 Å². The number of nitrogens with one attached hydrogen (secondary N) is 2. The summed E-state index contributed by atoms with van der Waals surface area (Å²) in [7, 11) is 1.83. The Hall–Kier alpha value is -1.52. The van der Waals surface area contributed by atoms with Crippen LogP contribution in [0, 0.1) is 5.92 Å². The normalized spacial score (nSPS) is 18.2. The Morgan fingerprint density at radius 1 is 1.16 bits per heavy atom. The number of guanidine groups is 1. The molecule has 4 rings (SSSR count). The number of nitrogens with zero attached hydrogens (tertiary/aromatic N) is 1. The number of hydrogen-bond acceptors (Lipinski definition) is 5. The van der Waals surface area contributed by atoms with E-state index in [0.29, 0.717) is 12.7 Å². The summed E-state index contributed by atoms with van der Waals surface area (Å²) in [4.78, 5) is 5.87. The highest BCUT2D eigenvalue weighted by molar-refractivity contribution is 14.0. The van der Waals surface area contributed by atoms with E-state index in [-0.39, 0.29) is 29.4 Å². The van der Waals surface area contributed by atoms with Crippen LogP contribution < -0.4 is 20.1 Å². The molecule has 1 unspecified atom stereocenters. The summed E-state index contributed by atoms with van der Waals surface area (Å²) < 4.78 is 16.8. The predicted molar refractivity (Wildman–Crippen MR) is 136 cm³/mol. The molecule has 2 aliphatic heterocycles. The Morgan fingerprint density at radius 2 is 1.97 bits per heavy atom. The van der Waals surface area contributed by atoms with Gasteiger partial charge in [0.2, 0.25) is 6.79 Å². The molecule has 0 radical (unpaired) electrons. The van der Waals surface area contributed by atoms with Gasteiger partial charge in [-0.05, 0) is 54.3 Å². The third kappa shape index (κ3) is 6.04. The summed E-state index contributed by atoms with van der Waals surface area (Å²) in [5.74, 6) is 3.04. The van der Waals surface area contributed by atoms with E-state index in [1.807, 2.05) is 24.5 Å². The van der Waals surface area contributed by atoms with Gasteiger partial charge in [-0.1, -0.05) is 19.1 Å². The largest absolute Gasteiger partial charge is 0.454 e. The van der Waals surface area contributed by atoms with Crippen molar-refractivity contribution in [3.63, 3.8) is 0 Å². The van der Waals surface area contributed by atoms with Gasteiger partial charge >= 0.3 is 0 Å². The van der Waals surface area contributed by atoms with Crippen molar-refractivity contribution in [2.45, 2.75) is 31.6 Å². The van der Waals surface area contributed by atoms with Crippen LogP contribution in [0.2, 0.25) is 0 Å². The van der Waals surface area contributed by atoms with Crippen LogP contribution >= 0.6 is 35.3 Å². The zero-order valence-electron chi connectivity index (χ0n) is 18.2. The van der Waals surface area contributed by atoms with Gasteiger partial charge in [-0.15, -0.1) is 35.3 Å². The summed E-state index contributed by atoms with van der Waals surface area (Å²) in [5, 5.41) is 9.21. The maximum atomic E-state index is 5.67. The topological polar surface area (TPSA) is 64.1 Å². The molecular weight excluding hydrogens is 525 g/mol. The smallest absolute Gasteiger partial charge is 0.231 e. The maximum absolute atomic E-state index is 5.67. The van der Waals surface area contributed by atoms with Crippen LogP contribution in [-0.4, -0.2) is 46.1 Å². The van der Waals surface area contributed by atoms with E-state index in [9.17, 15) is 0 Å². The van der Waals surface area contributed by atoms with Crippen molar-refractivity contribution < 1.29 is 14.2 Å². The van der Waals surface area contributed by atoms with Crippen LogP contribution in [0.25, 0.3) is 0 Å². The van der Waals surface area contributed by atoms with E-state index in [4.69, 9.17) is 14.2 Å². The standard InChI is InChI=1S/C23H31N3O3S.HI/c1-17(12-19-4-3-11-30-19)14-25-22(24-2)26-15-23(7-9-27-10-8-23)18-5-6-20-21(13-18)29-16-28-20;/h3-6,11,13,17H,7-10,12,14-16H2,1-2H3,(H2,24,25,26);1H. The number of halogens is 1. The van der Waals surface area contributed by atoms with E-state index < -0.39 is 0 Å². The molecule has 2 N–H and O–H groups in total. The molecule has 2 aliphatic rings. The molecule has 0 saturated carbocycles. The van der Waals surface area contributed by atoms with Crippen molar-refractivity contribution in [3.05, 3.63) is 46.2 Å². The first-order chi connectivity index (χ1) is 14.7. The van der Waals surface area contributed by atoms with Gasteiger partial charge in [0.25, 0.3) is 0 Å². The van der Waals surface area contributed by atoms with Gasteiger partial charge in [-0.25, -0.2) is 0 Å². The highest BCUT2D eigenvalue weighted by atomic mass is 127. The first-order valence-corrected chi connectivity index (χ1v) is 11.5. The molecule has 0 spiro atoms. The third-order valence-corrected chi connectivity index (χ3v) is 6.90. The number of rotatable bonds is 7. The minimum atomic E-state index is -0.0144. The fourth-order valence-electron chi connectivity index (χ4n) is 4.14. The summed E-state index contributed by atoms with van der Waals surface area (Å²) >= 11 is 1.82. The second-order valence-corrected chi connectivity index (χ2v) is 9.19. The monoisotopic (exact) mass is 557 g/mol. The number of aliphatic imine (C=N–C) groups is 1. The van der Waals surface area contributed by atoms with Gasteiger partial charge in [0.05, 0.1) is 0 Å². The Kier molecular flexibility index (Phi) is 8.85. The molecule has 1 fully saturated rings. The van der Waals surface area contributed by atoms with Gasteiger partial charge < -0.3 is 24.8 Å². The highest BCUT2D eigenvalue weighted by Gasteiger charge is 2.35. The fraction of sp³-hybridized carbons (Fsp3) is 0.522. The highest BCUT2D eigenvalue weighted by Crippen LogP contribution is 2.40. The first-order valence-electron chi connectivity index (χ1n) is 10.6. The minimum absolute atomic E-state index is 0. The van der Waals surface area contributed by atoms with Crippen molar-refractivity contribution in [2.24, 2.45) is 10.9 Å². The number of thiophene rings is 1. The molecule has 31 heavy (non-hydrogen) atoms. The molecule has 0 aliphatic carbocycles. The summed E-state index contributed by atoms with van der Waals surface area (Å²) in [5.41, 5.74) is 1.25. The van der Waals surface area contributed by atoms with Crippen molar-refractivity contribution in [1.82, 2.24) is 10.6 Å². The number of ether oxygens (including phenoxy) is 3. The average Bonchev–Trinajstić information content (AvgIpc) is 3.45. The van der Waals surface area contributed by atoms with E-state index in [2.05, 4.69) is 52.2 Å². The number of fused-ring (bicyclic) bond motifs is 1. The molecule has 1 aromatic carbocycles. The quantitative estimate of drug-likeness (QED) is 0.304. The molecular formula is C23H32IN3O3S. The molecule has 1 atom stereocenters. The molecule has 1 aromatic heterocycles. The van der Waals surface area contributed by atoms with Crippen molar-refractivity contribution in [2.75, 3.05) is 40.1 Å². The lowest BCUT2D eigenvalue weighted by Crippen LogP contribution is -2.48. The zero-order valence-corrected chi connectivity index (χ0v) is 21.3. The molecule has 0 bridgehead atoms. The van der Waals surface area contributed by atoms with E-state index in [0.717, 1.165) is 63.0 Å². The lowest BCUT2D eigenvalue weighted by atomic mass is 9.74. The third-order valence-electron chi connectivity index (χ3n) is 6.00. The van der Waals surface area contributed by atoms with Crippen LogP contribution in [0.3, 0.4) is 0 Å². The van der Waals surface area contributed by atoms with Crippen molar-refractivity contribution >= 4 is 41.3 Å². The van der Waals surface area contributed by atoms with Gasteiger partial charge in [0.15, 0.2) is 17.5 Å². The van der Waals surface area contributed by atoms with Crippen LogP contribution in [0.15, 0.2) is 40.7 Å². The molecule has 3 heterocycles. The molecule has 170 valence electrons. The maximum Gasteiger partial charge on any atom is 0.231 e. The van der Waals surface area contributed by atoms with E-state index in [1.165, 1.54) is 10.4 Å². The van der Waals surface area contributed by atoms with Gasteiger partial charge in [0.1, 0.15) is 0 Å². The lowest BCUT2D eigenvalue weighted by Gasteiger charge is -2.38. The minimum Gasteiger partial charge on any atom is -0.454 e. The Morgan fingerprint density at radius 3 is 2.71 bits per heavy atom. The predicted octanol–water partition coefficient (Wildman–Crippen LogP) is 4.19.